The number of fused-ring (bicyclic) bond motifs is 3. The maximum absolute atomic E-state index is 13.6. The summed E-state index contributed by atoms with van der Waals surface area (Å²) < 4.78 is 11.9. The van der Waals surface area contributed by atoms with Gasteiger partial charge in [-0.15, -0.1) is 0 Å². The smallest absolute Gasteiger partial charge is 0.343 e. The maximum atomic E-state index is 13.6. The van der Waals surface area contributed by atoms with Gasteiger partial charge < -0.3 is 41.0 Å². The van der Waals surface area contributed by atoms with Crippen LogP contribution in [0, 0.1) is 11.8 Å². The van der Waals surface area contributed by atoms with Gasteiger partial charge in [-0.1, -0.05) is 19.3 Å². The van der Waals surface area contributed by atoms with Crippen LogP contribution in [0.3, 0.4) is 0 Å². The maximum Gasteiger partial charge on any atom is 0.343 e. The number of amides is 1. The molecule has 1 saturated carbocycles. The number of anilines is 1. The van der Waals surface area contributed by atoms with Gasteiger partial charge in [-0.2, -0.15) is 0 Å². The van der Waals surface area contributed by atoms with E-state index in [0.29, 0.717) is 29.0 Å². The molecule has 35 heavy (non-hydrogen) atoms. The molecule has 2 aromatic rings. The molecule has 2 aromatic heterocycles. The fraction of sp³-hybridized carbons (Fsp3) is 0.600. The summed E-state index contributed by atoms with van der Waals surface area (Å²) in [5.74, 6) is -0.141. The van der Waals surface area contributed by atoms with E-state index >= 15 is 0 Å². The second-order valence-electron chi connectivity index (χ2n) is 10.2. The first kappa shape index (κ1) is 25.8. The Hall–Kier alpha value is -2.30. The van der Waals surface area contributed by atoms with Crippen LogP contribution in [0.1, 0.15) is 50.5 Å². The second kappa shape index (κ2) is 10.8. The first-order valence-corrected chi connectivity index (χ1v) is 12.4. The van der Waals surface area contributed by atoms with E-state index in [1.807, 2.05) is 0 Å². The second-order valence-corrected chi connectivity index (χ2v) is 10.2. The Bertz CT molecular complexity index is 991. The van der Waals surface area contributed by atoms with Gasteiger partial charge in [0, 0.05) is 36.4 Å². The van der Waals surface area contributed by atoms with Crippen LogP contribution >= 0.6 is 0 Å². The zero-order valence-electron chi connectivity index (χ0n) is 19.8. The molecule has 10 heteroatoms. The SMILES string of the molecule is O=C(C[N+]12CCC(CC1)C(OC(=O)[C@](O)(c1ccoc1)C1CCCCC1)C2)Nc1ccncn1.[Br-]. The summed E-state index contributed by atoms with van der Waals surface area (Å²) in [5, 5.41) is 14.6. The van der Waals surface area contributed by atoms with Gasteiger partial charge in [0.15, 0.2) is 18.2 Å². The van der Waals surface area contributed by atoms with Crippen molar-refractivity contribution in [3.8, 4) is 0 Å². The topological polar surface area (TPSA) is 115 Å². The molecule has 2 bridgehead atoms. The number of carbonyl (C=O) groups excluding carboxylic acids is 2. The Morgan fingerprint density at radius 3 is 2.60 bits per heavy atom. The lowest BCUT2D eigenvalue weighted by Gasteiger charge is -2.52. The Kier molecular flexibility index (Phi) is 7.92. The molecule has 2 atom stereocenters. The molecule has 5 heterocycles. The molecule has 1 aliphatic carbocycles. The molecule has 3 aliphatic heterocycles. The van der Waals surface area contributed by atoms with Crippen molar-refractivity contribution in [2.75, 3.05) is 31.5 Å². The van der Waals surface area contributed by atoms with E-state index in [1.54, 1.807) is 18.3 Å². The largest absolute Gasteiger partial charge is 1.00 e. The van der Waals surface area contributed by atoms with E-state index in [-0.39, 0.29) is 40.8 Å². The lowest BCUT2D eigenvalue weighted by Crippen LogP contribution is -3.00. The van der Waals surface area contributed by atoms with E-state index in [0.717, 1.165) is 58.0 Å². The lowest BCUT2D eigenvalue weighted by molar-refractivity contribution is -0.939. The zero-order valence-corrected chi connectivity index (χ0v) is 21.4. The number of piperidine rings is 3. The van der Waals surface area contributed by atoms with Crippen LogP contribution in [-0.2, 0) is 19.9 Å². The van der Waals surface area contributed by atoms with E-state index < -0.39 is 11.6 Å². The number of aromatic nitrogens is 2. The number of halogens is 1. The highest BCUT2D eigenvalue weighted by atomic mass is 79.9. The van der Waals surface area contributed by atoms with Crippen molar-refractivity contribution in [1.29, 1.82) is 0 Å². The van der Waals surface area contributed by atoms with Gasteiger partial charge in [0.05, 0.1) is 25.6 Å². The molecule has 0 aromatic carbocycles. The van der Waals surface area contributed by atoms with E-state index in [2.05, 4.69) is 15.3 Å². The van der Waals surface area contributed by atoms with E-state index in [9.17, 15) is 14.7 Å². The zero-order chi connectivity index (χ0) is 23.6. The average Bonchev–Trinajstić information content (AvgIpc) is 3.40. The predicted molar refractivity (Wildman–Crippen MR) is 122 cm³/mol. The molecular weight excluding hydrogens is 516 g/mol. The van der Waals surface area contributed by atoms with E-state index in [1.165, 1.54) is 18.9 Å². The average molecular weight is 549 g/mol. The molecule has 0 radical (unpaired) electrons. The highest BCUT2D eigenvalue weighted by Crippen LogP contribution is 2.42. The van der Waals surface area contributed by atoms with Gasteiger partial charge in [-0.3, -0.25) is 4.79 Å². The van der Waals surface area contributed by atoms with Gasteiger partial charge in [0.2, 0.25) is 0 Å². The molecule has 9 nitrogen and oxygen atoms in total. The van der Waals surface area contributed by atoms with Crippen LogP contribution in [0.2, 0.25) is 0 Å². The molecule has 3 saturated heterocycles. The van der Waals surface area contributed by atoms with Gasteiger partial charge in [0.1, 0.15) is 18.7 Å². The quantitative estimate of drug-likeness (QED) is 0.358. The summed E-state index contributed by atoms with van der Waals surface area (Å²) in [6, 6.07) is 3.32. The van der Waals surface area contributed by atoms with E-state index in [4.69, 9.17) is 9.15 Å². The van der Waals surface area contributed by atoms with Crippen LogP contribution in [0.15, 0.2) is 41.6 Å². The van der Waals surface area contributed by atoms with Crippen molar-refractivity contribution < 1.29 is 45.3 Å². The number of nitrogens with one attached hydrogen (secondary N) is 1. The number of hydrogen-bond donors (Lipinski definition) is 2. The van der Waals surface area contributed by atoms with Crippen LogP contribution in [0.4, 0.5) is 5.82 Å². The summed E-state index contributed by atoms with van der Waals surface area (Å²) in [4.78, 5) is 34.3. The molecule has 4 fully saturated rings. The Balaban J connectivity index is 0.00000289. The Morgan fingerprint density at radius 1 is 1.17 bits per heavy atom. The fourth-order valence-electron chi connectivity index (χ4n) is 6.18. The summed E-state index contributed by atoms with van der Waals surface area (Å²) in [7, 11) is 0. The molecule has 6 rings (SSSR count). The minimum atomic E-state index is -1.70. The lowest BCUT2D eigenvalue weighted by atomic mass is 9.74. The van der Waals surface area contributed by atoms with Crippen LogP contribution in [-0.4, -0.2) is 63.7 Å². The summed E-state index contributed by atoms with van der Waals surface area (Å²) in [6.07, 6.45) is 12.1. The molecule has 190 valence electrons. The number of rotatable bonds is 7. The highest BCUT2D eigenvalue weighted by Gasteiger charge is 2.53. The summed E-state index contributed by atoms with van der Waals surface area (Å²) in [5.41, 5.74) is -1.23. The number of hydrogen-bond acceptors (Lipinski definition) is 7. The molecule has 4 aliphatic rings. The third-order valence-corrected chi connectivity index (χ3v) is 8.10. The van der Waals surface area contributed by atoms with Crippen molar-refractivity contribution in [3.05, 3.63) is 42.7 Å². The van der Waals surface area contributed by atoms with Crippen molar-refractivity contribution in [2.45, 2.75) is 56.7 Å². The number of esters is 1. The van der Waals surface area contributed by atoms with Crippen molar-refractivity contribution in [1.82, 2.24) is 9.97 Å². The van der Waals surface area contributed by atoms with Crippen LogP contribution < -0.4 is 22.3 Å². The summed E-state index contributed by atoms with van der Waals surface area (Å²) >= 11 is 0. The minimum absolute atomic E-state index is 0. The number of aliphatic hydroxyl groups is 1. The number of ether oxygens (including phenoxy) is 1. The van der Waals surface area contributed by atoms with Crippen molar-refractivity contribution >= 4 is 17.7 Å². The normalized spacial score (nSPS) is 27.9. The predicted octanol–water partition coefficient (Wildman–Crippen LogP) is -0.368. The highest BCUT2D eigenvalue weighted by molar-refractivity contribution is 5.90. The minimum Gasteiger partial charge on any atom is -1.00 e. The number of quaternary nitrogens is 1. The Morgan fingerprint density at radius 2 is 1.94 bits per heavy atom. The number of carbonyl (C=O) groups is 2. The summed E-state index contributed by atoms with van der Waals surface area (Å²) in [6.45, 7) is 2.65. The number of furan rings is 1. The van der Waals surface area contributed by atoms with Crippen LogP contribution in [0.25, 0.3) is 0 Å². The third-order valence-electron chi connectivity index (χ3n) is 8.10. The van der Waals surface area contributed by atoms with Gasteiger partial charge in [-0.25, -0.2) is 14.8 Å². The molecule has 1 amide bonds. The first-order valence-electron chi connectivity index (χ1n) is 12.4. The fourth-order valence-corrected chi connectivity index (χ4v) is 6.18. The van der Waals surface area contributed by atoms with Gasteiger partial charge >= 0.3 is 5.97 Å². The Labute approximate surface area is 215 Å². The standard InChI is InChI=1S/C25H32N4O5.BrH/c30-23(28-22-6-10-26-17-27-22)15-29-11-7-18(8-12-29)21(14-29)34-24(31)25(32,20-9-13-33-16-20)19-4-2-1-3-5-19;/h6,9-10,13,16-19,21,32H,1-5,7-8,11-12,14-15H2;1H/t18?,21?,25-,29?;/m1./s1. The van der Waals surface area contributed by atoms with Gasteiger partial charge in [0.25, 0.3) is 5.91 Å². The molecule has 2 N–H and O–H groups in total. The molecular formula is C25H33BrN4O5. The monoisotopic (exact) mass is 548 g/mol. The van der Waals surface area contributed by atoms with Gasteiger partial charge in [-0.05, 0) is 25.0 Å². The van der Waals surface area contributed by atoms with Crippen molar-refractivity contribution in [3.63, 3.8) is 0 Å². The molecule has 1 unspecified atom stereocenters. The number of nitrogens with zero attached hydrogens (tertiary/aromatic N) is 3. The molecule has 0 spiro atoms. The van der Waals surface area contributed by atoms with Crippen molar-refractivity contribution in [2.24, 2.45) is 11.8 Å². The first-order chi connectivity index (χ1) is 16.5. The third kappa shape index (κ3) is 5.29. The van der Waals surface area contributed by atoms with Crippen LogP contribution in [0.5, 0.6) is 0 Å².